The van der Waals surface area contributed by atoms with E-state index in [1.54, 1.807) is 16.9 Å². The summed E-state index contributed by atoms with van der Waals surface area (Å²) in [5.41, 5.74) is 0.167. The molecule has 132 valence electrons. The number of hydrogen-bond donors (Lipinski definition) is 2. The number of carbonyl (C=O) groups is 1. The SMILES string of the molecule is O=C(NC1COc2c1ccc(Cl)c2Cl)C1(n2cccn2)CCNCC1. The Hall–Kier alpha value is -1.76. The zero-order valence-electron chi connectivity index (χ0n) is 13.5. The number of rotatable bonds is 3. The van der Waals surface area contributed by atoms with Crippen molar-refractivity contribution in [3.63, 3.8) is 0 Å². The monoisotopic (exact) mass is 380 g/mol. The van der Waals surface area contributed by atoms with Gasteiger partial charge in [0.2, 0.25) is 5.91 Å². The number of hydrogen-bond acceptors (Lipinski definition) is 4. The van der Waals surface area contributed by atoms with Crippen LogP contribution in [-0.2, 0) is 10.3 Å². The van der Waals surface area contributed by atoms with E-state index in [1.807, 2.05) is 18.3 Å². The highest BCUT2D eigenvalue weighted by Crippen LogP contribution is 2.42. The van der Waals surface area contributed by atoms with Gasteiger partial charge >= 0.3 is 0 Å². The highest BCUT2D eigenvalue weighted by atomic mass is 35.5. The number of piperidine rings is 1. The van der Waals surface area contributed by atoms with E-state index in [0.717, 1.165) is 18.7 Å². The summed E-state index contributed by atoms with van der Waals surface area (Å²) < 4.78 is 7.44. The number of nitrogens with one attached hydrogen (secondary N) is 2. The second-order valence-electron chi connectivity index (χ2n) is 6.35. The standard InChI is InChI=1S/C17H18Cl2N4O2/c18-12-3-2-11-13(10-25-15(11)14(12)19)22-16(24)17(4-7-20-8-5-17)23-9-1-6-21-23/h1-3,6,9,13,20H,4-5,7-8,10H2,(H,22,24). The van der Waals surface area contributed by atoms with Crippen LogP contribution in [0.25, 0.3) is 0 Å². The van der Waals surface area contributed by atoms with E-state index in [1.165, 1.54) is 0 Å². The van der Waals surface area contributed by atoms with Gasteiger partial charge in [-0.1, -0.05) is 29.3 Å². The molecule has 3 heterocycles. The van der Waals surface area contributed by atoms with Crippen molar-refractivity contribution in [2.24, 2.45) is 0 Å². The summed E-state index contributed by atoms with van der Waals surface area (Å²) in [5, 5.41) is 11.6. The summed E-state index contributed by atoms with van der Waals surface area (Å²) in [6, 6.07) is 5.17. The van der Waals surface area contributed by atoms with Crippen molar-refractivity contribution in [1.82, 2.24) is 20.4 Å². The Morgan fingerprint density at radius 1 is 1.36 bits per heavy atom. The summed E-state index contributed by atoms with van der Waals surface area (Å²) in [5.74, 6) is 0.503. The van der Waals surface area contributed by atoms with Crippen molar-refractivity contribution in [3.8, 4) is 5.75 Å². The molecule has 0 saturated carbocycles. The predicted molar refractivity (Wildman–Crippen MR) is 95.1 cm³/mol. The van der Waals surface area contributed by atoms with Gasteiger partial charge in [0.25, 0.3) is 0 Å². The quantitative estimate of drug-likeness (QED) is 0.858. The molecular formula is C17H18Cl2N4O2. The molecule has 0 radical (unpaired) electrons. The van der Waals surface area contributed by atoms with Crippen molar-refractivity contribution < 1.29 is 9.53 Å². The lowest BCUT2D eigenvalue weighted by atomic mass is 9.87. The van der Waals surface area contributed by atoms with Crippen LogP contribution in [0.3, 0.4) is 0 Å². The molecule has 1 saturated heterocycles. The second kappa shape index (κ2) is 6.52. The first-order chi connectivity index (χ1) is 12.1. The zero-order chi connectivity index (χ0) is 17.4. The Morgan fingerprint density at radius 2 is 2.16 bits per heavy atom. The van der Waals surface area contributed by atoms with Gasteiger partial charge in [0.1, 0.15) is 22.9 Å². The van der Waals surface area contributed by atoms with Gasteiger partial charge in [-0.3, -0.25) is 9.48 Å². The molecule has 0 spiro atoms. The maximum atomic E-state index is 13.2. The normalized spacial score (nSPS) is 21.4. The molecule has 0 aliphatic carbocycles. The fourth-order valence-electron chi connectivity index (χ4n) is 3.56. The van der Waals surface area contributed by atoms with Crippen LogP contribution in [0.15, 0.2) is 30.6 Å². The highest BCUT2D eigenvalue weighted by molar-refractivity contribution is 6.43. The van der Waals surface area contributed by atoms with Gasteiger partial charge in [0.15, 0.2) is 0 Å². The van der Waals surface area contributed by atoms with Crippen molar-refractivity contribution >= 4 is 29.1 Å². The number of amides is 1. The first-order valence-corrected chi connectivity index (χ1v) is 9.00. The van der Waals surface area contributed by atoms with E-state index < -0.39 is 5.54 Å². The minimum Gasteiger partial charge on any atom is -0.489 e. The molecule has 25 heavy (non-hydrogen) atoms. The summed E-state index contributed by atoms with van der Waals surface area (Å²) >= 11 is 12.2. The number of carbonyl (C=O) groups excluding carboxylic acids is 1. The molecule has 2 N–H and O–H groups in total. The minimum atomic E-state index is -0.687. The summed E-state index contributed by atoms with van der Waals surface area (Å²) in [7, 11) is 0. The topological polar surface area (TPSA) is 68.2 Å². The van der Waals surface area contributed by atoms with E-state index in [9.17, 15) is 4.79 Å². The van der Waals surface area contributed by atoms with Gasteiger partial charge in [-0.15, -0.1) is 0 Å². The second-order valence-corrected chi connectivity index (χ2v) is 7.13. The molecular weight excluding hydrogens is 363 g/mol. The molecule has 1 atom stereocenters. The number of ether oxygens (including phenoxy) is 1. The van der Waals surface area contributed by atoms with Gasteiger partial charge in [0.05, 0.1) is 11.1 Å². The fraction of sp³-hybridized carbons (Fsp3) is 0.412. The van der Waals surface area contributed by atoms with E-state index >= 15 is 0 Å². The van der Waals surface area contributed by atoms with Gasteiger partial charge in [-0.05, 0) is 38.1 Å². The number of halogens is 2. The molecule has 8 heteroatoms. The molecule has 1 aromatic heterocycles. The third-order valence-corrected chi connectivity index (χ3v) is 5.74. The smallest absolute Gasteiger partial charge is 0.248 e. The third kappa shape index (κ3) is 2.78. The molecule has 1 aromatic carbocycles. The van der Waals surface area contributed by atoms with Crippen LogP contribution in [0.2, 0.25) is 10.0 Å². The van der Waals surface area contributed by atoms with Crippen LogP contribution in [0.1, 0.15) is 24.4 Å². The molecule has 0 bridgehead atoms. The van der Waals surface area contributed by atoms with E-state index in [4.69, 9.17) is 27.9 Å². The number of aromatic nitrogens is 2. The number of fused-ring (bicyclic) bond motifs is 1. The van der Waals surface area contributed by atoms with Crippen LogP contribution in [0.4, 0.5) is 0 Å². The highest BCUT2D eigenvalue weighted by Gasteiger charge is 2.43. The first kappa shape index (κ1) is 16.7. The predicted octanol–water partition coefficient (Wildman–Crippen LogP) is 2.52. The van der Waals surface area contributed by atoms with Gasteiger partial charge in [0, 0.05) is 18.0 Å². The Kier molecular flexibility index (Phi) is 4.35. The van der Waals surface area contributed by atoms with Gasteiger partial charge < -0.3 is 15.4 Å². The van der Waals surface area contributed by atoms with Crippen LogP contribution < -0.4 is 15.4 Å². The molecule has 4 rings (SSSR count). The fourth-order valence-corrected chi connectivity index (χ4v) is 3.93. The van der Waals surface area contributed by atoms with Crippen molar-refractivity contribution in [2.45, 2.75) is 24.4 Å². The molecule has 1 unspecified atom stereocenters. The maximum Gasteiger partial charge on any atom is 0.248 e. The summed E-state index contributed by atoms with van der Waals surface area (Å²) in [6.45, 7) is 1.88. The lowest BCUT2D eigenvalue weighted by Crippen LogP contribution is -2.55. The molecule has 2 aliphatic heterocycles. The summed E-state index contributed by atoms with van der Waals surface area (Å²) in [6.07, 6.45) is 4.91. The van der Waals surface area contributed by atoms with Gasteiger partial charge in [-0.2, -0.15) is 5.10 Å². The molecule has 2 aliphatic rings. The number of benzene rings is 1. The van der Waals surface area contributed by atoms with E-state index in [-0.39, 0.29) is 11.9 Å². The third-order valence-electron chi connectivity index (χ3n) is 4.95. The van der Waals surface area contributed by atoms with E-state index in [2.05, 4.69) is 15.7 Å². The maximum absolute atomic E-state index is 13.2. The minimum absolute atomic E-state index is 0.0507. The lowest BCUT2D eigenvalue weighted by Gasteiger charge is -2.37. The molecule has 1 fully saturated rings. The van der Waals surface area contributed by atoms with Crippen LogP contribution in [0, 0.1) is 0 Å². The van der Waals surface area contributed by atoms with Crippen molar-refractivity contribution in [2.75, 3.05) is 19.7 Å². The first-order valence-electron chi connectivity index (χ1n) is 8.24. The Balaban J connectivity index is 1.61. The van der Waals surface area contributed by atoms with Crippen LogP contribution in [0.5, 0.6) is 5.75 Å². The Labute approximate surface area is 155 Å². The molecule has 6 nitrogen and oxygen atoms in total. The van der Waals surface area contributed by atoms with Crippen LogP contribution in [-0.4, -0.2) is 35.4 Å². The van der Waals surface area contributed by atoms with Gasteiger partial charge in [-0.25, -0.2) is 0 Å². The van der Waals surface area contributed by atoms with E-state index in [0.29, 0.717) is 35.2 Å². The summed E-state index contributed by atoms with van der Waals surface area (Å²) in [4.78, 5) is 13.2. The largest absolute Gasteiger partial charge is 0.489 e. The molecule has 1 amide bonds. The number of nitrogens with zero attached hydrogens (tertiary/aromatic N) is 2. The average Bonchev–Trinajstić information content (AvgIpc) is 3.29. The van der Waals surface area contributed by atoms with Crippen molar-refractivity contribution in [1.29, 1.82) is 0 Å². The van der Waals surface area contributed by atoms with Crippen LogP contribution >= 0.6 is 23.2 Å². The Morgan fingerprint density at radius 3 is 2.88 bits per heavy atom. The zero-order valence-corrected chi connectivity index (χ0v) is 15.0. The Bertz CT molecular complexity index is 788. The average molecular weight is 381 g/mol. The van der Waals surface area contributed by atoms with Crippen molar-refractivity contribution in [3.05, 3.63) is 46.2 Å². The molecule has 2 aromatic rings. The lowest BCUT2D eigenvalue weighted by molar-refractivity contribution is -0.132.